The molecule has 0 spiro atoms. The molecule has 0 atom stereocenters. The fourth-order valence-corrected chi connectivity index (χ4v) is 2.07. The Balaban J connectivity index is 2.07. The molecule has 1 heterocycles. The summed E-state index contributed by atoms with van der Waals surface area (Å²) in [5.41, 5.74) is 0.606. The highest BCUT2D eigenvalue weighted by Gasteiger charge is 2.08. The molecule has 0 amide bonds. The van der Waals surface area contributed by atoms with Crippen molar-refractivity contribution in [1.82, 2.24) is 14.8 Å². The van der Waals surface area contributed by atoms with Crippen molar-refractivity contribution < 1.29 is 0 Å². The third-order valence-corrected chi connectivity index (χ3v) is 3.14. The summed E-state index contributed by atoms with van der Waals surface area (Å²) in [5, 5.41) is 6.17. The molecule has 3 rings (SSSR count). The van der Waals surface area contributed by atoms with Crippen LogP contribution in [-0.4, -0.2) is 14.8 Å². The molecule has 1 aromatic heterocycles. The first kappa shape index (κ1) is 13.8. The lowest BCUT2D eigenvalue weighted by Gasteiger charge is -2.04. The van der Waals surface area contributed by atoms with Crippen LogP contribution in [0.1, 0.15) is 11.3 Å². The van der Waals surface area contributed by atoms with E-state index in [0.29, 0.717) is 5.69 Å². The van der Waals surface area contributed by atoms with E-state index in [9.17, 15) is 9.59 Å². The summed E-state index contributed by atoms with van der Waals surface area (Å²) in [6, 6.07) is 18.3. The molecule has 0 saturated carbocycles. The largest absolute Gasteiger partial charge is 0.349 e. The Hall–Kier alpha value is -3.21. The lowest BCUT2D eigenvalue weighted by atomic mass is 10.2. The van der Waals surface area contributed by atoms with Gasteiger partial charge in [-0.25, -0.2) is 14.5 Å². The molecule has 0 aliphatic carbocycles. The van der Waals surface area contributed by atoms with Gasteiger partial charge in [0.25, 0.3) is 5.56 Å². The minimum atomic E-state index is -0.562. The first-order valence-electron chi connectivity index (χ1n) is 6.76. The van der Waals surface area contributed by atoms with Gasteiger partial charge in [-0.3, -0.25) is 4.79 Å². The van der Waals surface area contributed by atoms with Crippen LogP contribution in [0.25, 0.3) is 17.8 Å². The minimum absolute atomic E-state index is 0.173. The van der Waals surface area contributed by atoms with Crippen LogP contribution >= 0.6 is 0 Å². The van der Waals surface area contributed by atoms with Gasteiger partial charge in [-0.2, -0.15) is 5.10 Å². The van der Waals surface area contributed by atoms with Crippen molar-refractivity contribution in [1.29, 1.82) is 0 Å². The van der Waals surface area contributed by atoms with Crippen molar-refractivity contribution in [2.75, 3.05) is 0 Å². The van der Waals surface area contributed by atoms with E-state index in [1.807, 2.05) is 36.4 Å². The smallest absolute Gasteiger partial charge is 0.266 e. The van der Waals surface area contributed by atoms with Crippen molar-refractivity contribution in [3.8, 4) is 5.69 Å². The van der Waals surface area contributed by atoms with Gasteiger partial charge >= 0.3 is 5.69 Å². The van der Waals surface area contributed by atoms with Gasteiger partial charge in [0.05, 0.1) is 5.69 Å². The second kappa shape index (κ2) is 6.05. The van der Waals surface area contributed by atoms with Gasteiger partial charge < -0.3 is 0 Å². The zero-order valence-electron chi connectivity index (χ0n) is 11.6. The number of para-hydroxylation sites is 1. The Labute approximate surface area is 126 Å². The van der Waals surface area contributed by atoms with Crippen molar-refractivity contribution >= 4 is 12.2 Å². The van der Waals surface area contributed by atoms with Crippen LogP contribution in [0.4, 0.5) is 0 Å². The van der Waals surface area contributed by atoms with E-state index < -0.39 is 11.2 Å². The summed E-state index contributed by atoms with van der Waals surface area (Å²) in [6.07, 6.45) is 3.37. The number of H-pyrrole nitrogens is 1. The maximum absolute atomic E-state index is 12.4. The molecular weight excluding hydrogens is 278 g/mol. The summed E-state index contributed by atoms with van der Waals surface area (Å²) in [5.74, 6) is 0. The summed E-state index contributed by atoms with van der Waals surface area (Å²) >= 11 is 0. The number of nitrogens with zero attached hydrogens (tertiary/aromatic N) is 2. The van der Waals surface area contributed by atoms with E-state index in [0.717, 1.165) is 10.1 Å². The van der Waals surface area contributed by atoms with Crippen LogP contribution in [0.15, 0.2) is 70.3 Å². The monoisotopic (exact) mass is 291 g/mol. The number of hydrogen-bond acceptors (Lipinski definition) is 3. The average molecular weight is 291 g/mol. The molecule has 0 radical (unpaired) electrons. The maximum Gasteiger partial charge on any atom is 0.349 e. The highest BCUT2D eigenvalue weighted by Crippen LogP contribution is 2.04. The molecule has 108 valence electrons. The normalized spacial score (nSPS) is 10.9. The summed E-state index contributed by atoms with van der Waals surface area (Å²) in [7, 11) is 0. The Morgan fingerprint density at radius 1 is 0.864 bits per heavy atom. The quantitative estimate of drug-likeness (QED) is 0.803. The zero-order chi connectivity index (χ0) is 15.4. The fraction of sp³-hybridized carbons (Fsp3) is 0. The van der Waals surface area contributed by atoms with E-state index >= 15 is 0 Å². The van der Waals surface area contributed by atoms with Gasteiger partial charge in [0, 0.05) is 0 Å². The fourth-order valence-electron chi connectivity index (χ4n) is 2.07. The molecule has 5 nitrogen and oxygen atoms in total. The number of benzene rings is 2. The molecule has 0 aliphatic rings. The standard InChI is InChI=1S/C17H13N3O2/c21-16-15(12-11-13-7-3-1-4-8-13)18-19-17(22)20(16)14-9-5-2-6-10-14/h1-12H,(H,19,22)/b12-11+. The molecule has 0 fully saturated rings. The first-order chi connectivity index (χ1) is 10.8. The summed E-state index contributed by atoms with van der Waals surface area (Å²) in [4.78, 5) is 24.3. The Bertz CT molecular complexity index is 910. The van der Waals surface area contributed by atoms with Crippen LogP contribution in [0, 0.1) is 0 Å². The highest BCUT2D eigenvalue weighted by atomic mass is 16.2. The van der Waals surface area contributed by atoms with Gasteiger partial charge in [-0.05, 0) is 23.8 Å². The number of aromatic amines is 1. The lowest BCUT2D eigenvalue weighted by Crippen LogP contribution is -2.36. The van der Waals surface area contributed by atoms with Gasteiger partial charge in [0.1, 0.15) is 5.69 Å². The predicted molar refractivity (Wildman–Crippen MR) is 85.8 cm³/mol. The topological polar surface area (TPSA) is 67.8 Å². The Morgan fingerprint density at radius 2 is 1.50 bits per heavy atom. The first-order valence-corrected chi connectivity index (χ1v) is 6.76. The number of hydrogen-bond donors (Lipinski definition) is 1. The number of aromatic nitrogens is 3. The summed E-state index contributed by atoms with van der Waals surface area (Å²) < 4.78 is 1.07. The molecule has 1 N–H and O–H groups in total. The van der Waals surface area contributed by atoms with Gasteiger partial charge in [0.2, 0.25) is 0 Å². The molecule has 3 aromatic rings. The molecule has 22 heavy (non-hydrogen) atoms. The third kappa shape index (κ3) is 2.78. The molecule has 0 unspecified atom stereocenters. The Morgan fingerprint density at radius 3 is 2.18 bits per heavy atom. The number of nitrogens with one attached hydrogen (secondary N) is 1. The van der Waals surface area contributed by atoms with E-state index in [4.69, 9.17) is 0 Å². The van der Waals surface area contributed by atoms with Crippen LogP contribution in [-0.2, 0) is 0 Å². The highest BCUT2D eigenvalue weighted by molar-refractivity contribution is 5.67. The van der Waals surface area contributed by atoms with Gasteiger partial charge in [0.15, 0.2) is 0 Å². The minimum Gasteiger partial charge on any atom is -0.266 e. The van der Waals surface area contributed by atoms with E-state index in [1.165, 1.54) is 0 Å². The van der Waals surface area contributed by atoms with Crippen LogP contribution in [0.2, 0.25) is 0 Å². The van der Waals surface area contributed by atoms with Crippen LogP contribution < -0.4 is 11.2 Å². The Kier molecular flexibility index (Phi) is 3.78. The van der Waals surface area contributed by atoms with Gasteiger partial charge in [-0.15, -0.1) is 0 Å². The third-order valence-electron chi connectivity index (χ3n) is 3.14. The molecule has 0 bridgehead atoms. The average Bonchev–Trinajstić information content (AvgIpc) is 2.56. The van der Waals surface area contributed by atoms with Crippen LogP contribution in [0.3, 0.4) is 0 Å². The van der Waals surface area contributed by atoms with Crippen molar-refractivity contribution in [2.45, 2.75) is 0 Å². The molecule has 2 aromatic carbocycles. The van der Waals surface area contributed by atoms with Crippen molar-refractivity contribution in [3.05, 3.63) is 92.8 Å². The zero-order valence-corrected chi connectivity index (χ0v) is 11.6. The predicted octanol–water partition coefficient (Wildman–Crippen LogP) is 2.09. The van der Waals surface area contributed by atoms with Crippen LogP contribution in [0.5, 0.6) is 0 Å². The van der Waals surface area contributed by atoms with Gasteiger partial charge in [-0.1, -0.05) is 54.6 Å². The summed E-state index contributed by atoms with van der Waals surface area (Å²) in [6.45, 7) is 0. The second-order valence-corrected chi connectivity index (χ2v) is 4.63. The number of rotatable bonds is 3. The molecule has 5 heteroatoms. The van der Waals surface area contributed by atoms with E-state index in [1.54, 1.807) is 36.4 Å². The molecular formula is C17H13N3O2. The van der Waals surface area contributed by atoms with Crippen molar-refractivity contribution in [2.24, 2.45) is 0 Å². The lowest BCUT2D eigenvalue weighted by molar-refractivity contribution is 0.791. The second-order valence-electron chi connectivity index (χ2n) is 4.63. The molecule has 0 saturated heterocycles. The SMILES string of the molecule is O=c1[nH]nc(/C=C/c2ccccc2)c(=O)n1-c1ccccc1. The van der Waals surface area contributed by atoms with Crippen molar-refractivity contribution in [3.63, 3.8) is 0 Å². The molecule has 0 aliphatic heterocycles. The maximum atomic E-state index is 12.4. The van der Waals surface area contributed by atoms with E-state index in [-0.39, 0.29) is 5.69 Å². The van der Waals surface area contributed by atoms with E-state index in [2.05, 4.69) is 10.2 Å².